The Balaban J connectivity index is 1.65. The molecule has 0 aliphatic carbocycles. The molecule has 1 atom stereocenters. The first kappa shape index (κ1) is 17.8. The van der Waals surface area contributed by atoms with Gasteiger partial charge in [-0.05, 0) is 26.0 Å². The van der Waals surface area contributed by atoms with Gasteiger partial charge in [-0.1, -0.05) is 0 Å². The molecule has 7 heteroatoms. The molecule has 0 fully saturated rings. The average molecular weight is 327 g/mol. The molecule has 0 saturated heterocycles. The lowest BCUT2D eigenvalue weighted by atomic mass is 10.3. The van der Waals surface area contributed by atoms with Gasteiger partial charge >= 0.3 is 0 Å². The monoisotopic (exact) mass is 327 g/mol. The van der Waals surface area contributed by atoms with Crippen LogP contribution in [0.3, 0.4) is 0 Å². The fourth-order valence-electron chi connectivity index (χ4n) is 2.12. The van der Waals surface area contributed by atoms with E-state index < -0.39 is 6.10 Å². The van der Waals surface area contributed by atoms with Crippen LogP contribution < -0.4 is 19.5 Å². The van der Waals surface area contributed by atoms with Gasteiger partial charge in [-0.25, -0.2) is 0 Å². The summed E-state index contributed by atoms with van der Waals surface area (Å²) in [5.41, 5.74) is 0. The van der Waals surface area contributed by atoms with Gasteiger partial charge in [0.25, 0.3) is 0 Å². The highest BCUT2D eigenvalue weighted by Crippen LogP contribution is 2.35. The van der Waals surface area contributed by atoms with E-state index in [1.807, 2.05) is 13.8 Å². The van der Waals surface area contributed by atoms with E-state index in [4.69, 9.17) is 23.7 Å². The van der Waals surface area contributed by atoms with Crippen molar-refractivity contribution < 1.29 is 28.8 Å². The normalized spacial score (nSPS) is 14.3. The second kappa shape index (κ2) is 9.57. The van der Waals surface area contributed by atoms with Crippen LogP contribution in [0.2, 0.25) is 0 Å². The van der Waals surface area contributed by atoms with Gasteiger partial charge in [0.05, 0.1) is 0 Å². The zero-order chi connectivity index (χ0) is 16.5. The zero-order valence-corrected chi connectivity index (χ0v) is 13.6. The predicted octanol–water partition coefficient (Wildman–Crippen LogP) is 1.14. The van der Waals surface area contributed by atoms with Crippen molar-refractivity contribution in [2.45, 2.75) is 26.2 Å². The Morgan fingerprint density at radius 3 is 2.61 bits per heavy atom. The highest BCUT2D eigenvalue weighted by Gasteiger charge is 2.14. The van der Waals surface area contributed by atoms with Gasteiger partial charge in [0, 0.05) is 32.4 Å². The first-order valence-electron chi connectivity index (χ1n) is 7.87. The minimum Gasteiger partial charge on any atom is -0.491 e. The first-order chi connectivity index (χ1) is 11.2. The molecular formula is C16H25NO6. The van der Waals surface area contributed by atoms with Crippen LogP contribution in [0, 0.1) is 0 Å². The standard InChI is InChI=1S/C16H25NO6/c1-3-19-16(20-4-2)9-17-8-12(18)10-21-13-5-6-14-15(7-13)23-11-22-14/h5-7,12,16-18H,3-4,8-11H2,1-2H3/t12-/m1/s1. The molecule has 2 N–H and O–H groups in total. The molecule has 1 aliphatic heterocycles. The molecule has 1 aromatic rings. The number of aliphatic hydroxyl groups excluding tert-OH is 1. The van der Waals surface area contributed by atoms with Gasteiger partial charge in [-0.15, -0.1) is 0 Å². The van der Waals surface area contributed by atoms with E-state index in [2.05, 4.69) is 5.32 Å². The Labute approximate surface area is 136 Å². The number of fused-ring (bicyclic) bond motifs is 1. The van der Waals surface area contributed by atoms with Crippen LogP contribution in [0.1, 0.15) is 13.8 Å². The molecule has 0 amide bonds. The predicted molar refractivity (Wildman–Crippen MR) is 84.0 cm³/mol. The van der Waals surface area contributed by atoms with E-state index >= 15 is 0 Å². The summed E-state index contributed by atoms with van der Waals surface area (Å²) in [5.74, 6) is 2.00. The first-order valence-corrected chi connectivity index (χ1v) is 7.87. The van der Waals surface area contributed by atoms with Gasteiger partial charge in [-0.3, -0.25) is 0 Å². The average Bonchev–Trinajstić information content (AvgIpc) is 3.01. The van der Waals surface area contributed by atoms with Gasteiger partial charge in [-0.2, -0.15) is 0 Å². The highest BCUT2D eigenvalue weighted by molar-refractivity contribution is 5.46. The summed E-state index contributed by atoms with van der Waals surface area (Å²) in [6, 6.07) is 5.33. The van der Waals surface area contributed by atoms with Gasteiger partial charge in [0.15, 0.2) is 17.8 Å². The van der Waals surface area contributed by atoms with Gasteiger partial charge in [0.2, 0.25) is 6.79 Å². The third-order valence-electron chi connectivity index (χ3n) is 3.18. The number of rotatable bonds is 11. The van der Waals surface area contributed by atoms with E-state index in [-0.39, 0.29) is 19.7 Å². The summed E-state index contributed by atoms with van der Waals surface area (Å²) >= 11 is 0. The minimum atomic E-state index is -0.635. The van der Waals surface area contributed by atoms with Crippen molar-refractivity contribution in [3.8, 4) is 17.2 Å². The lowest BCUT2D eigenvalue weighted by molar-refractivity contribution is -0.133. The molecular weight excluding hydrogens is 302 g/mol. The number of nitrogens with one attached hydrogen (secondary N) is 1. The molecule has 7 nitrogen and oxygen atoms in total. The second-order valence-corrected chi connectivity index (χ2v) is 4.98. The second-order valence-electron chi connectivity index (χ2n) is 4.98. The zero-order valence-electron chi connectivity index (χ0n) is 13.6. The van der Waals surface area contributed by atoms with Crippen molar-refractivity contribution in [3.05, 3.63) is 18.2 Å². The lowest BCUT2D eigenvalue weighted by Crippen LogP contribution is -2.37. The summed E-state index contributed by atoms with van der Waals surface area (Å²) < 4.78 is 26.9. The van der Waals surface area contributed by atoms with Crippen LogP contribution in [-0.4, -0.2) is 57.2 Å². The van der Waals surface area contributed by atoms with Crippen LogP contribution in [0.5, 0.6) is 17.2 Å². The summed E-state index contributed by atoms with van der Waals surface area (Å²) in [6.07, 6.45) is -0.934. The molecule has 0 bridgehead atoms. The topological polar surface area (TPSA) is 78.4 Å². The Morgan fingerprint density at radius 2 is 1.87 bits per heavy atom. The Kier molecular flexibility index (Phi) is 7.41. The molecule has 1 aliphatic rings. The molecule has 0 radical (unpaired) electrons. The van der Waals surface area contributed by atoms with Crippen LogP contribution >= 0.6 is 0 Å². The summed E-state index contributed by atoms with van der Waals surface area (Å²) in [6.45, 7) is 6.32. The molecule has 0 aromatic heterocycles. The summed E-state index contributed by atoms with van der Waals surface area (Å²) in [4.78, 5) is 0. The van der Waals surface area contributed by atoms with Crippen molar-refractivity contribution in [2.75, 3.05) is 39.7 Å². The molecule has 2 rings (SSSR count). The highest BCUT2D eigenvalue weighted by atomic mass is 16.7. The largest absolute Gasteiger partial charge is 0.491 e. The van der Waals surface area contributed by atoms with Crippen molar-refractivity contribution >= 4 is 0 Å². The summed E-state index contributed by atoms with van der Waals surface area (Å²) in [7, 11) is 0. The molecule has 130 valence electrons. The molecule has 0 spiro atoms. The quantitative estimate of drug-likeness (QED) is 0.590. The van der Waals surface area contributed by atoms with Crippen LogP contribution in [0.4, 0.5) is 0 Å². The maximum Gasteiger partial charge on any atom is 0.231 e. The van der Waals surface area contributed by atoms with Crippen molar-refractivity contribution in [1.29, 1.82) is 0 Å². The number of aliphatic hydroxyl groups is 1. The number of ether oxygens (including phenoxy) is 5. The van der Waals surface area contributed by atoms with Crippen LogP contribution in [0.15, 0.2) is 18.2 Å². The maximum absolute atomic E-state index is 9.95. The van der Waals surface area contributed by atoms with E-state index in [1.165, 1.54) is 0 Å². The van der Waals surface area contributed by atoms with Gasteiger partial charge < -0.3 is 34.1 Å². The Hall–Kier alpha value is -1.54. The van der Waals surface area contributed by atoms with E-state index in [0.29, 0.717) is 43.6 Å². The minimum absolute atomic E-state index is 0.181. The van der Waals surface area contributed by atoms with E-state index in [9.17, 15) is 5.11 Å². The third kappa shape index (κ3) is 5.87. The third-order valence-corrected chi connectivity index (χ3v) is 3.18. The molecule has 1 heterocycles. The number of hydrogen-bond donors (Lipinski definition) is 2. The number of hydrogen-bond acceptors (Lipinski definition) is 7. The van der Waals surface area contributed by atoms with E-state index in [0.717, 1.165) is 0 Å². The maximum atomic E-state index is 9.95. The van der Waals surface area contributed by atoms with Crippen molar-refractivity contribution in [1.82, 2.24) is 5.32 Å². The fraction of sp³-hybridized carbons (Fsp3) is 0.625. The SMILES string of the molecule is CCOC(CNC[C@@H](O)COc1ccc2c(c1)OCO2)OCC. The van der Waals surface area contributed by atoms with Crippen LogP contribution in [-0.2, 0) is 9.47 Å². The Bertz CT molecular complexity index is 464. The van der Waals surface area contributed by atoms with Crippen molar-refractivity contribution in [2.24, 2.45) is 0 Å². The number of benzene rings is 1. The molecule has 23 heavy (non-hydrogen) atoms. The smallest absolute Gasteiger partial charge is 0.231 e. The lowest BCUT2D eigenvalue weighted by Gasteiger charge is -2.19. The molecule has 0 saturated carbocycles. The fourth-order valence-corrected chi connectivity index (χ4v) is 2.12. The van der Waals surface area contributed by atoms with E-state index in [1.54, 1.807) is 18.2 Å². The van der Waals surface area contributed by atoms with Crippen LogP contribution in [0.25, 0.3) is 0 Å². The molecule has 0 unspecified atom stereocenters. The Morgan fingerprint density at radius 1 is 1.13 bits per heavy atom. The summed E-state index contributed by atoms with van der Waals surface area (Å²) in [5, 5.41) is 13.1. The van der Waals surface area contributed by atoms with Gasteiger partial charge in [0.1, 0.15) is 18.5 Å². The molecule has 1 aromatic carbocycles. The van der Waals surface area contributed by atoms with Crippen molar-refractivity contribution in [3.63, 3.8) is 0 Å².